The van der Waals surface area contributed by atoms with Crippen molar-refractivity contribution in [3.63, 3.8) is 0 Å². The van der Waals surface area contributed by atoms with Crippen molar-refractivity contribution in [2.24, 2.45) is 0 Å². The van der Waals surface area contributed by atoms with Crippen molar-refractivity contribution in [2.45, 2.75) is 373 Å². The van der Waals surface area contributed by atoms with Gasteiger partial charge in [-0.15, -0.1) is 0 Å². The summed E-state index contributed by atoms with van der Waals surface area (Å²) in [7, 11) is 1.28. The fraction of sp³-hybridized carbons (Fsp3) is 0.928. The van der Waals surface area contributed by atoms with Gasteiger partial charge in [-0.3, -0.25) is 9.36 Å². The lowest BCUT2D eigenvalue weighted by molar-refractivity contribution is -0.870. The third-order valence-corrected chi connectivity index (χ3v) is 17.1. The summed E-state index contributed by atoms with van der Waals surface area (Å²) >= 11 is 0. The van der Waals surface area contributed by atoms with E-state index < -0.39 is 20.0 Å². The molecule has 78 heavy (non-hydrogen) atoms. The van der Waals surface area contributed by atoms with E-state index in [0.717, 1.165) is 38.5 Å². The average Bonchev–Trinajstić information content (AvgIpc) is 3.41. The molecule has 0 heterocycles. The second-order valence-corrected chi connectivity index (χ2v) is 26.7. The predicted molar refractivity (Wildman–Crippen MR) is 339 cm³/mol. The van der Waals surface area contributed by atoms with Gasteiger partial charge in [0, 0.05) is 6.42 Å². The number of quaternary nitrogens is 1. The molecule has 0 aromatic heterocycles. The van der Waals surface area contributed by atoms with Gasteiger partial charge in [0.25, 0.3) is 7.82 Å². The first-order chi connectivity index (χ1) is 38.0. The van der Waals surface area contributed by atoms with E-state index >= 15 is 0 Å². The highest BCUT2D eigenvalue weighted by Crippen LogP contribution is 2.38. The van der Waals surface area contributed by atoms with Gasteiger partial charge in [0.1, 0.15) is 13.2 Å². The zero-order valence-corrected chi connectivity index (χ0v) is 54.0. The fourth-order valence-electron chi connectivity index (χ4n) is 10.7. The molecule has 8 nitrogen and oxygen atoms in total. The van der Waals surface area contributed by atoms with Crippen LogP contribution in [0.25, 0.3) is 0 Å². The Labute approximate surface area is 487 Å². The topological polar surface area (TPSA) is 108 Å². The lowest BCUT2D eigenvalue weighted by Gasteiger charge is -2.29. The number of rotatable bonds is 65. The first kappa shape index (κ1) is 77.0. The summed E-state index contributed by atoms with van der Waals surface area (Å²) in [5.74, 6) is -0.190. The van der Waals surface area contributed by atoms with Gasteiger partial charge < -0.3 is 28.8 Å². The minimum Gasteiger partial charge on any atom is -0.756 e. The van der Waals surface area contributed by atoms with E-state index in [9.17, 15) is 19.4 Å². The van der Waals surface area contributed by atoms with Crippen molar-refractivity contribution in [1.29, 1.82) is 0 Å². The van der Waals surface area contributed by atoms with E-state index in [1.807, 2.05) is 27.2 Å². The molecule has 0 saturated heterocycles. The van der Waals surface area contributed by atoms with Crippen LogP contribution < -0.4 is 10.2 Å². The van der Waals surface area contributed by atoms with Crippen LogP contribution in [0.15, 0.2) is 24.3 Å². The Morgan fingerprint density at radius 3 is 1.00 bits per heavy atom. The zero-order chi connectivity index (χ0) is 57.0. The molecule has 0 spiro atoms. The monoisotopic (exact) mass is 1120 g/mol. The summed E-state index contributed by atoms with van der Waals surface area (Å²) < 4.78 is 23.5. The highest BCUT2D eigenvalue weighted by Gasteiger charge is 2.23. The highest BCUT2D eigenvalue weighted by atomic mass is 31.2. The largest absolute Gasteiger partial charge is 0.756 e. The second-order valence-electron chi connectivity index (χ2n) is 25.2. The number of allylic oxidation sites excluding steroid dienone is 3. The molecular formula is C69H137N2O6P. The number of aliphatic hydroxyl groups excluding tert-OH is 1. The molecule has 1 amide bonds. The van der Waals surface area contributed by atoms with Crippen molar-refractivity contribution < 1.29 is 32.9 Å². The van der Waals surface area contributed by atoms with E-state index in [4.69, 9.17) is 9.05 Å². The molecule has 0 bridgehead atoms. The maximum absolute atomic E-state index is 13.0. The molecule has 2 N–H and O–H groups in total. The molecule has 0 aromatic rings. The minimum absolute atomic E-state index is 0.00157. The van der Waals surface area contributed by atoms with Crippen LogP contribution in [-0.2, 0) is 18.4 Å². The molecule has 464 valence electrons. The van der Waals surface area contributed by atoms with Crippen molar-refractivity contribution in [3.05, 3.63) is 24.3 Å². The molecule has 0 fully saturated rings. The Morgan fingerprint density at radius 2 is 0.705 bits per heavy atom. The average molecular weight is 1120 g/mol. The summed E-state index contributed by atoms with van der Waals surface area (Å²) in [6, 6.07) is -0.886. The summed E-state index contributed by atoms with van der Waals surface area (Å²) in [5.41, 5.74) is 0. The first-order valence-electron chi connectivity index (χ1n) is 34.7. The molecule has 0 rings (SSSR count). The zero-order valence-electron chi connectivity index (χ0n) is 53.2. The Bertz CT molecular complexity index is 1320. The van der Waals surface area contributed by atoms with Crippen LogP contribution in [0.4, 0.5) is 0 Å². The van der Waals surface area contributed by atoms with Gasteiger partial charge in [0.2, 0.25) is 5.91 Å². The highest BCUT2D eigenvalue weighted by molar-refractivity contribution is 7.45. The smallest absolute Gasteiger partial charge is 0.268 e. The molecule has 3 atom stereocenters. The van der Waals surface area contributed by atoms with E-state index in [2.05, 4.69) is 31.3 Å². The Hall–Kier alpha value is -1.02. The normalized spacial score (nSPS) is 13.8. The molecule has 3 unspecified atom stereocenters. The molecule has 0 radical (unpaired) electrons. The van der Waals surface area contributed by atoms with Crippen LogP contribution in [-0.4, -0.2) is 68.5 Å². The van der Waals surface area contributed by atoms with E-state index in [1.165, 1.54) is 302 Å². The summed E-state index contributed by atoms with van der Waals surface area (Å²) in [5, 5.41) is 14.0. The number of hydrogen-bond acceptors (Lipinski definition) is 6. The molecule has 0 aliphatic rings. The maximum Gasteiger partial charge on any atom is 0.268 e. The number of carbonyl (C=O) groups is 1. The van der Waals surface area contributed by atoms with Crippen LogP contribution in [0.2, 0.25) is 0 Å². The SMILES string of the molecule is CCCCCCCCCCCCCC/C=C\CCCCCCCCCCCCCCCCCC(=O)NC(COP(=O)([O-])OCC[N+](C)(C)C)C(O)/C=C/CCCCCCCCCCCCCCCCCCCCCCCCC. The molecule has 0 aromatic carbocycles. The van der Waals surface area contributed by atoms with Gasteiger partial charge in [0.05, 0.1) is 39.9 Å². The van der Waals surface area contributed by atoms with E-state index in [1.54, 1.807) is 6.08 Å². The van der Waals surface area contributed by atoms with Gasteiger partial charge in [-0.25, -0.2) is 0 Å². The Morgan fingerprint density at radius 1 is 0.436 bits per heavy atom. The molecule has 0 aliphatic carbocycles. The van der Waals surface area contributed by atoms with E-state index in [0.29, 0.717) is 17.4 Å². The molecular weight excluding hydrogens is 984 g/mol. The molecule has 0 saturated carbocycles. The van der Waals surface area contributed by atoms with Crippen molar-refractivity contribution in [3.8, 4) is 0 Å². The van der Waals surface area contributed by atoms with Crippen LogP contribution in [0.1, 0.15) is 361 Å². The van der Waals surface area contributed by atoms with Crippen LogP contribution in [0, 0.1) is 0 Å². The lowest BCUT2D eigenvalue weighted by Crippen LogP contribution is -2.45. The number of aliphatic hydroxyl groups is 1. The number of unbranched alkanes of at least 4 members (excludes halogenated alkanes) is 50. The number of nitrogens with zero attached hydrogens (tertiary/aromatic N) is 1. The number of hydrogen-bond donors (Lipinski definition) is 2. The summed E-state index contributed by atoms with van der Waals surface area (Å²) in [4.78, 5) is 25.6. The number of phosphoric ester groups is 1. The van der Waals surface area contributed by atoms with Gasteiger partial charge in [0.15, 0.2) is 0 Å². The van der Waals surface area contributed by atoms with Crippen molar-refractivity contribution in [2.75, 3.05) is 40.9 Å². The van der Waals surface area contributed by atoms with E-state index in [-0.39, 0.29) is 19.1 Å². The number of phosphoric acid groups is 1. The van der Waals surface area contributed by atoms with Crippen molar-refractivity contribution >= 4 is 13.7 Å². The number of amides is 1. The van der Waals surface area contributed by atoms with Crippen molar-refractivity contribution in [1.82, 2.24) is 5.32 Å². The molecule has 9 heteroatoms. The molecule has 0 aliphatic heterocycles. The lowest BCUT2D eigenvalue weighted by atomic mass is 10.0. The summed E-state index contributed by atoms with van der Waals surface area (Å²) in [6.45, 7) is 4.71. The van der Waals surface area contributed by atoms with Crippen LogP contribution in [0.3, 0.4) is 0 Å². The first-order valence-corrected chi connectivity index (χ1v) is 36.2. The van der Waals surface area contributed by atoms with Gasteiger partial charge in [-0.2, -0.15) is 0 Å². The standard InChI is InChI=1S/C69H137N2O6P/c1-6-8-10-12-14-16-18-20-22-24-26-28-30-32-33-34-35-36-37-39-41-43-45-47-49-51-53-55-57-59-61-63-69(73)70-67(66-77-78(74,75)76-65-64-71(3,4)5)68(72)62-60-58-56-54-52-50-48-46-44-42-40-38-31-29-27-25-23-21-19-17-15-13-11-9-7-2/h32-33,60,62,67-68,72H,6-31,34-59,61,63-66H2,1-5H3,(H-,70,73,74,75)/b33-32-,62-60+. The third-order valence-electron chi connectivity index (χ3n) is 16.2. The van der Waals surface area contributed by atoms with Crippen LogP contribution in [0.5, 0.6) is 0 Å². The number of nitrogens with one attached hydrogen (secondary N) is 1. The third kappa shape index (κ3) is 62.6. The van der Waals surface area contributed by atoms with Crippen LogP contribution >= 0.6 is 7.82 Å². The summed E-state index contributed by atoms with van der Waals surface area (Å²) in [6.07, 6.45) is 78.7. The Kier molecular flexibility index (Phi) is 59.8. The maximum atomic E-state index is 13.0. The number of likely N-dealkylation sites (N-methyl/N-ethyl adjacent to an activating group) is 1. The number of carbonyl (C=O) groups excluding carboxylic acids is 1. The minimum atomic E-state index is -4.60. The van der Waals surface area contributed by atoms with Gasteiger partial charge in [-0.05, 0) is 44.9 Å². The Balaban J connectivity index is 4.04. The fourth-order valence-corrected chi connectivity index (χ4v) is 11.5. The van der Waals surface area contributed by atoms with Gasteiger partial charge in [-0.1, -0.05) is 334 Å². The predicted octanol–water partition coefficient (Wildman–Crippen LogP) is 21.3. The van der Waals surface area contributed by atoms with Gasteiger partial charge >= 0.3 is 0 Å². The second kappa shape index (κ2) is 60.6. The quantitative estimate of drug-likeness (QED) is 0.0272.